The van der Waals surface area contributed by atoms with Gasteiger partial charge >= 0.3 is 6.03 Å². The summed E-state index contributed by atoms with van der Waals surface area (Å²) in [6.07, 6.45) is 1.92. The molecule has 0 aromatic heterocycles. The molecule has 2 aliphatic rings. The molecule has 2 heterocycles. The lowest BCUT2D eigenvalue weighted by molar-refractivity contribution is -0.136. The summed E-state index contributed by atoms with van der Waals surface area (Å²) in [5.74, 6) is 2.25. The molecule has 0 saturated carbocycles. The van der Waals surface area contributed by atoms with Crippen molar-refractivity contribution in [1.29, 1.82) is 0 Å². The predicted octanol–water partition coefficient (Wildman–Crippen LogP) is 4.21. The van der Waals surface area contributed by atoms with Crippen LogP contribution < -0.4 is 14.2 Å². The second-order valence-electron chi connectivity index (χ2n) is 10.3. The number of hydrogen-bond donors (Lipinski definition) is 0. The van der Waals surface area contributed by atoms with Gasteiger partial charge in [0, 0.05) is 44.9 Å². The molecule has 3 amide bonds. The van der Waals surface area contributed by atoms with Gasteiger partial charge in [-0.2, -0.15) is 0 Å². The number of piperidine rings is 1. The van der Waals surface area contributed by atoms with Gasteiger partial charge in [0.05, 0.1) is 26.9 Å². The van der Waals surface area contributed by atoms with Gasteiger partial charge in [0.25, 0.3) is 5.91 Å². The third kappa shape index (κ3) is 5.39. The number of carbonyl (C=O) groups excluding carboxylic acids is 2. The third-order valence-corrected chi connectivity index (χ3v) is 7.52. The molecule has 0 radical (unpaired) electrons. The van der Waals surface area contributed by atoms with Gasteiger partial charge in [0.15, 0.2) is 0 Å². The first-order valence-corrected chi connectivity index (χ1v) is 13.0. The van der Waals surface area contributed by atoms with E-state index in [0.29, 0.717) is 62.8 Å². The van der Waals surface area contributed by atoms with Crippen molar-refractivity contribution in [3.05, 3.63) is 53.6 Å². The summed E-state index contributed by atoms with van der Waals surface area (Å²) in [5.41, 5.74) is 1.32. The van der Waals surface area contributed by atoms with Crippen LogP contribution in [0.3, 0.4) is 0 Å². The van der Waals surface area contributed by atoms with E-state index in [0.717, 1.165) is 17.5 Å². The molecule has 2 aromatic rings. The summed E-state index contributed by atoms with van der Waals surface area (Å²) in [6, 6.07) is 13.7. The molecule has 37 heavy (non-hydrogen) atoms. The molecular formula is C29H39N3O5. The van der Waals surface area contributed by atoms with Gasteiger partial charge in [-0.3, -0.25) is 14.6 Å². The maximum atomic E-state index is 13.8. The van der Waals surface area contributed by atoms with Gasteiger partial charge in [-0.15, -0.1) is 0 Å². The highest BCUT2D eigenvalue weighted by atomic mass is 16.5. The molecule has 2 saturated heterocycles. The van der Waals surface area contributed by atoms with Gasteiger partial charge in [-0.1, -0.05) is 44.2 Å². The highest BCUT2D eigenvalue weighted by Crippen LogP contribution is 2.40. The highest BCUT2D eigenvalue weighted by molar-refractivity contribution is 6.07. The molecule has 0 N–H and O–H groups in total. The Morgan fingerprint density at radius 1 is 0.919 bits per heavy atom. The van der Waals surface area contributed by atoms with E-state index in [4.69, 9.17) is 14.2 Å². The smallest absolute Gasteiger partial charge is 0.327 e. The fourth-order valence-corrected chi connectivity index (χ4v) is 5.53. The van der Waals surface area contributed by atoms with Crippen molar-refractivity contribution in [1.82, 2.24) is 14.7 Å². The molecule has 0 bridgehead atoms. The first-order chi connectivity index (χ1) is 17.8. The van der Waals surface area contributed by atoms with Crippen LogP contribution in [0.1, 0.15) is 37.8 Å². The SMILES string of the molecule is COc1cc(OC)c(CN2CCC3(CC2)C(=O)N(CC(C)C)C(=O)N3CCc2ccccc2)c(OC)c1. The van der Waals surface area contributed by atoms with E-state index < -0.39 is 5.54 Å². The summed E-state index contributed by atoms with van der Waals surface area (Å²) in [5, 5.41) is 0. The van der Waals surface area contributed by atoms with Gasteiger partial charge in [0.1, 0.15) is 22.8 Å². The van der Waals surface area contributed by atoms with Crippen molar-refractivity contribution in [2.45, 2.75) is 45.2 Å². The van der Waals surface area contributed by atoms with Crippen LogP contribution in [0.2, 0.25) is 0 Å². The van der Waals surface area contributed by atoms with Gasteiger partial charge in [0.2, 0.25) is 0 Å². The highest BCUT2D eigenvalue weighted by Gasteiger charge is 2.57. The van der Waals surface area contributed by atoms with E-state index in [1.54, 1.807) is 21.3 Å². The van der Waals surface area contributed by atoms with Crippen molar-refractivity contribution < 1.29 is 23.8 Å². The van der Waals surface area contributed by atoms with Crippen LogP contribution in [0.15, 0.2) is 42.5 Å². The van der Waals surface area contributed by atoms with E-state index in [1.807, 2.05) is 49.1 Å². The van der Waals surface area contributed by atoms with E-state index >= 15 is 0 Å². The number of methoxy groups -OCH3 is 3. The summed E-state index contributed by atoms with van der Waals surface area (Å²) < 4.78 is 16.7. The van der Waals surface area contributed by atoms with Crippen molar-refractivity contribution in [3.63, 3.8) is 0 Å². The molecule has 2 aliphatic heterocycles. The molecule has 8 heteroatoms. The van der Waals surface area contributed by atoms with Crippen molar-refractivity contribution in [2.24, 2.45) is 5.92 Å². The van der Waals surface area contributed by atoms with E-state index in [-0.39, 0.29) is 17.9 Å². The predicted molar refractivity (Wildman–Crippen MR) is 142 cm³/mol. The first kappa shape index (κ1) is 26.8. The summed E-state index contributed by atoms with van der Waals surface area (Å²) in [6.45, 7) is 7.06. The zero-order chi connectivity index (χ0) is 26.6. The minimum Gasteiger partial charge on any atom is -0.496 e. The summed E-state index contributed by atoms with van der Waals surface area (Å²) in [7, 11) is 4.89. The maximum Gasteiger partial charge on any atom is 0.327 e. The number of carbonyl (C=O) groups is 2. The molecule has 2 fully saturated rings. The van der Waals surface area contributed by atoms with E-state index in [1.165, 1.54) is 4.90 Å². The topological polar surface area (TPSA) is 71.6 Å². The number of imide groups is 1. The Morgan fingerprint density at radius 3 is 2.08 bits per heavy atom. The number of urea groups is 1. The number of ether oxygens (including phenoxy) is 3. The Kier molecular flexibility index (Phi) is 8.27. The molecule has 200 valence electrons. The van der Waals surface area contributed by atoms with Crippen molar-refractivity contribution in [2.75, 3.05) is 47.5 Å². The first-order valence-electron chi connectivity index (χ1n) is 13.0. The molecular weight excluding hydrogens is 470 g/mol. The van der Waals surface area contributed by atoms with Crippen LogP contribution in [-0.2, 0) is 17.8 Å². The summed E-state index contributed by atoms with van der Waals surface area (Å²) >= 11 is 0. The van der Waals surface area contributed by atoms with Crippen LogP contribution in [0, 0.1) is 5.92 Å². The van der Waals surface area contributed by atoms with Gasteiger partial charge < -0.3 is 19.1 Å². The van der Waals surface area contributed by atoms with E-state index in [2.05, 4.69) is 17.0 Å². The fraction of sp³-hybridized carbons (Fsp3) is 0.517. The standard InChI is InChI=1S/C29H39N3O5/c1-21(2)19-31-27(33)29(32(28(31)34)14-11-22-9-7-6-8-10-22)12-15-30(16-13-29)20-24-25(36-4)17-23(35-3)18-26(24)37-5/h6-10,17-18,21H,11-16,19-20H2,1-5H3. The Hall–Kier alpha value is -3.26. The maximum absolute atomic E-state index is 13.8. The minimum absolute atomic E-state index is 0.0430. The monoisotopic (exact) mass is 509 g/mol. The van der Waals surface area contributed by atoms with Crippen LogP contribution in [0.5, 0.6) is 17.2 Å². The van der Waals surface area contributed by atoms with Crippen LogP contribution in [-0.4, -0.2) is 79.7 Å². The molecule has 0 aliphatic carbocycles. The Bertz CT molecular complexity index is 1070. The van der Waals surface area contributed by atoms with Gasteiger partial charge in [-0.25, -0.2) is 4.79 Å². The Morgan fingerprint density at radius 2 is 1.54 bits per heavy atom. The molecule has 4 rings (SSSR count). The van der Waals surface area contributed by atoms with E-state index in [9.17, 15) is 9.59 Å². The zero-order valence-corrected chi connectivity index (χ0v) is 22.7. The number of benzene rings is 2. The lowest BCUT2D eigenvalue weighted by Crippen LogP contribution is -2.56. The zero-order valence-electron chi connectivity index (χ0n) is 22.7. The molecule has 0 unspecified atom stereocenters. The number of rotatable bonds is 10. The minimum atomic E-state index is -0.786. The number of hydrogen-bond acceptors (Lipinski definition) is 6. The normalized spacial score (nSPS) is 17.7. The van der Waals surface area contributed by atoms with Crippen LogP contribution in [0.25, 0.3) is 0 Å². The second-order valence-corrected chi connectivity index (χ2v) is 10.3. The largest absolute Gasteiger partial charge is 0.496 e. The van der Waals surface area contributed by atoms with Gasteiger partial charge in [-0.05, 0) is 30.7 Å². The number of likely N-dealkylation sites (tertiary alicyclic amines) is 1. The quantitative estimate of drug-likeness (QED) is 0.447. The average Bonchev–Trinajstić information content (AvgIpc) is 3.09. The van der Waals surface area contributed by atoms with Crippen LogP contribution >= 0.6 is 0 Å². The Balaban J connectivity index is 1.54. The van der Waals surface area contributed by atoms with Crippen molar-refractivity contribution >= 4 is 11.9 Å². The fourth-order valence-electron chi connectivity index (χ4n) is 5.53. The lowest BCUT2D eigenvalue weighted by Gasteiger charge is -2.42. The molecule has 1 spiro atoms. The summed E-state index contributed by atoms with van der Waals surface area (Å²) in [4.78, 5) is 32.9. The number of nitrogens with zero attached hydrogens (tertiary/aromatic N) is 3. The third-order valence-electron chi connectivity index (χ3n) is 7.52. The molecule has 0 atom stereocenters. The second kappa shape index (κ2) is 11.4. The molecule has 2 aromatic carbocycles. The Labute approximate surface area is 220 Å². The van der Waals surface area contributed by atoms with Crippen molar-refractivity contribution in [3.8, 4) is 17.2 Å². The molecule has 8 nitrogen and oxygen atoms in total. The van der Waals surface area contributed by atoms with Crippen LogP contribution in [0.4, 0.5) is 4.79 Å². The lowest BCUT2D eigenvalue weighted by atomic mass is 9.85. The average molecular weight is 510 g/mol. The number of amides is 3.